The average molecular weight is 219 g/mol. The van der Waals surface area contributed by atoms with E-state index in [0.29, 0.717) is 0 Å². The molecule has 3 heteroatoms. The third-order valence-electron chi connectivity index (χ3n) is 3.22. The number of likely N-dealkylation sites (N-methyl/N-ethyl adjacent to an activating group) is 1. The summed E-state index contributed by atoms with van der Waals surface area (Å²) in [6, 6.07) is 10.1. The van der Waals surface area contributed by atoms with Gasteiger partial charge in [0.05, 0.1) is 6.04 Å². The minimum absolute atomic E-state index is 0.0288. The monoisotopic (exact) mass is 219 g/mol. The quantitative estimate of drug-likeness (QED) is 0.723. The molecule has 1 aliphatic heterocycles. The van der Waals surface area contributed by atoms with Gasteiger partial charge in [-0.25, -0.2) is 0 Å². The number of amides is 1. The molecule has 1 fully saturated rings. The van der Waals surface area contributed by atoms with Gasteiger partial charge in [0, 0.05) is 7.05 Å². The molecule has 1 amide bonds. The summed E-state index contributed by atoms with van der Waals surface area (Å²) >= 11 is 0. The number of nitrogens with zero attached hydrogens (tertiary/aromatic N) is 1. The van der Waals surface area contributed by atoms with Crippen LogP contribution >= 0.6 is 0 Å². The van der Waals surface area contributed by atoms with Crippen LogP contribution in [0.25, 0.3) is 0 Å². The maximum atomic E-state index is 11.7. The van der Waals surface area contributed by atoms with Crippen molar-refractivity contribution in [2.45, 2.75) is 32.1 Å². The number of hydrogen-bond donors (Lipinski definition) is 0. The Morgan fingerprint density at radius 1 is 1.19 bits per heavy atom. The molecule has 3 nitrogen and oxygen atoms in total. The fourth-order valence-electron chi connectivity index (χ4n) is 2.08. The number of morpholine rings is 1. The Hall–Kier alpha value is -1.35. The third kappa shape index (κ3) is 1.83. The minimum Gasteiger partial charge on any atom is -0.359 e. The molecule has 1 heterocycles. The second-order valence-corrected chi connectivity index (χ2v) is 4.30. The Kier molecular flexibility index (Phi) is 2.97. The summed E-state index contributed by atoms with van der Waals surface area (Å²) in [5, 5.41) is 0. The molecule has 3 atom stereocenters. The highest BCUT2D eigenvalue weighted by atomic mass is 16.5. The van der Waals surface area contributed by atoms with Crippen molar-refractivity contribution in [3.8, 4) is 0 Å². The van der Waals surface area contributed by atoms with Gasteiger partial charge in [-0.1, -0.05) is 30.3 Å². The Morgan fingerprint density at radius 3 is 2.44 bits per heavy atom. The van der Waals surface area contributed by atoms with Crippen molar-refractivity contribution in [2.75, 3.05) is 7.05 Å². The molecule has 0 N–H and O–H groups in total. The van der Waals surface area contributed by atoms with Crippen LogP contribution in [0.3, 0.4) is 0 Å². The first-order valence-electron chi connectivity index (χ1n) is 5.58. The van der Waals surface area contributed by atoms with Crippen LogP contribution in [-0.4, -0.2) is 30.0 Å². The number of carbonyl (C=O) groups excluding carboxylic acids is 1. The average Bonchev–Trinajstić information content (AvgIpc) is 2.32. The van der Waals surface area contributed by atoms with Crippen molar-refractivity contribution in [2.24, 2.45) is 0 Å². The van der Waals surface area contributed by atoms with Crippen LogP contribution in [0.5, 0.6) is 0 Å². The van der Waals surface area contributed by atoms with Gasteiger partial charge in [-0.3, -0.25) is 4.79 Å². The van der Waals surface area contributed by atoms with Gasteiger partial charge in [0.15, 0.2) is 0 Å². The molecule has 0 saturated carbocycles. The van der Waals surface area contributed by atoms with E-state index in [9.17, 15) is 4.79 Å². The molecule has 16 heavy (non-hydrogen) atoms. The topological polar surface area (TPSA) is 29.5 Å². The minimum atomic E-state index is -0.355. The predicted molar refractivity (Wildman–Crippen MR) is 62.0 cm³/mol. The van der Waals surface area contributed by atoms with E-state index in [-0.39, 0.29) is 24.2 Å². The normalized spacial score (nSPS) is 30.6. The van der Waals surface area contributed by atoms with Gasteiger partial charge in [-0.15, -0.1) is 0 Å². The number of benzene rings is 1. The zero-order valence-electron chi connectivity index (χ0n) is 9.88. The molecule has 2 rings (SSSR count). The summed E-state index contributed by atoms with van der Waals surface area (Å²) in [6.07, 6.45) is -0.384. The highest BCUT2D eigenvalue weighted by Crippen LogP contribution is 2.30. The molecule has 0 radical (unpaired) electrons. The van der Waals surface area contributed by atoms with Gasteiger partial charge in [0.2, 0.25) is 0 Å². The van der Waals surface area contributed by atoms with Gasteiger partial charge in [-0.05, 0) is 19.4 Å². The van der Waals surface area contributed by atoms with Gasteiger partial charge in [-0.2, -0.15) is 0 Å². The Bertz CT molecular complexity index is 377. The molecule has 0 unspecified atom stereocenters. The second kappa shape index (κ2) is 4.26. The van der Waals surface area contributed by atoms with Crippen molar-refractivity contribution >= 4 is 5.91 Å². The fraction of sp³-hybridized carbons (Fsp3) is 0.462. The third-order valence-corrected chi connectivity index (χ3v) is 3.22. The van der Waals surface area contributed by atoms with Gasteiger partial charge in [0.25, 0.3) is 5.91 Å². The molecule has 1 aliphatic rings. The lowest BCUT2D eigenvalue weighted by atomic mass is 10.00. The Labute approximate surface area is 96.0 Å². The standard InChI is InChI=1S/C13H17NO2/c1-9-12(11-7-5-4-6-8-11)16-10(2)13(15)14(9)3/h4-10,12H,1-3H3/t9-,10-,12-/m0/s1. The zero-order valence-corrected chi connectivity index (χ0v) is 9.88. The molecule has 1 aromatic carbocycles. The summed E-state index contributed by atoms with van der Waals surface area (Å²) in [4.78, 5) is 13.5. The van der Waals surface area contributed by atoms with E-state index < -0.39 is 0 Å². The summed E-state index contributed by atoms with van der Waals surface area (Å²) in [7, 11) is 1.84. The van der Waals surface area contributed by atoms with E-state index >= 15 is 0 Å². The van der Waals surface area contributed by atoms with Crippen LogP contribution < -0.4 is 0 Å². The SMILES string of the molecule is C[C@@H]1O[C@H](c2ccccc2)[C@H](C)N(C)C1=O. The Morgan fingerprint density at radius 2 is 1.81 bits per heavy atom. The lowest BCUT2D eigenvalue weighted by Gasteiger charge is -2.40. The lowest BCUT2D eigenvalue weighted by molar-refractivity contribution is -0.166. The number of carbonyl (C=O) groups is 1. The van der Waals surface area contributed by atoms with Crippen LogP contribution in [0.2, 0.25) is 0 Å². The van der Waals surface area contributed by atoms with Gasteiger partial charge >= 0.3 is 0 Å². The van der Waals surface area contributed by atoms with E-state index in [0.717, 1.165) is 5.56 Å². The smallest absolute Gasteiger partial charge is 0.251 e. The van der Waals surface area contributed by atoms with Crippen molar-refractivity contribution in [3.63, 3.8) is 0 Å². The number of rotatable bonds is 1. The van der Waals surface area contributed by atoms with E-state index in [2.05, 4.69) is 0 Å². The largest absolute Gasteiger partial charge is 0.359 e. The van der Waals surface area contributed by atoms with Crippen LogP contribution in [0, 0.1) is 0 Å². The highest BCUT2D eigenvalue weighted by molar-refractivity contribution is 5.81. The van der Waals surface area contributed by atoms with Gasteiger partial charge < -0.3 is 9.64 Å². The first kappa shape index (κ1) is 11.1. The fourth-order valence-corrected chi connectivity index (χ4v) is 2.08. The second-order valence-electron chi connectivity index (χ2n) is 4.30. The zero-order chi connectivity index (χ0) is 11.7. The van der Waals surface area contributed by atoms with E-state index in [1.54, 1.807) is 11.8 Å². The summed E-state index contributed by atoms with van der Waals surface area (Å²) in [5.41, 5.74) is 1.13. The van der Waals surface area contributed by atoms with E-state index in [1.807, 2.05) is 44.3 Å². The summed E-state index contributed by atoms with van der Waals surface area (Å²) in [6.45, 7) is 3.82. The van der Waals surface area contributed by atoms with E-state index in [4.69, 9.17) is 4.74 Å². The van der Waals surface area contributed by atoms with Crippen LogP contribution in [0.15, 0.2) is 30.3 Å². The van der Waals surface area contributed by atoms with Crippen molar-refractivity contribution in [1.29, 1.82) is 0 Å². The highest BCUT2D eigenvalue weighted by Gasteiger charge is 2.36. The predicted octanol–water partition coefficient (Wildman–Crippen LogP) is 1.99. The van der Waals surface area contributed by atoms with Crippen molar-refractivity contribution in [3.05, 3.63) is 35.9 Å². The molecule has 0 aromatic heterocycles. The molecular weight excluding hydrogens is 202 g/mol. The molecule has 86 valence electrons. The first-order valence-corrected chi connectivity index (χ1v) is 5.58. The maximum Gasteiger partial charge on any atom is 0.251 e. The first-order chi connectivity index (χ1) is 7.61. The molecule has 1 saturated heterocycles. The molecule has 0 bridgehead atoms. The number of hydrogen-bond acceptors (Lipinski definition) is 2. The number of ether oxygens (including phenoxy) is 1. The summed E-state index contributed by atoms with van der Waals surface area (Å²) < 4.78 is 5.78. The van der Waals surface area contributed by atoms with E-state index in [1.165, 1.54) is 0 Å². The van der Waals surface area contributed by atoms with Crippen molar-refractivity contribution < 1.29 is 9.53 Å². The summed E-state index contributed by atoms with van der Waals surface area (Å²) in [5.74, 6) is 0.0553. The van der Waals surface area contributed by atoms with Crippen molar-refractivity contribution in [1.82, 2.24) is 4.90 Å². The van der Waals surface area contributed by atoms with Crippen LogP contribution in [0.4, 0.5) is 0 Å². The Balaban J connectivity index is 2.26. The molecule has 0 aliphatic carbocycles. The van der Waals surface area contributed by atoms with Gasteiger partial charge in [0.1, 0.15) is 12.2 Å². The molecular formula is C13H17NO2. The molecule has 1 aromatic rings. The lowest BCUT2D eigenvalue weighted by Crippen LogP contribution is -2.50. The van der Waals surface area contributed by atoms with Crippen LogP contribution in [-0.2, 0) is 9.53 Å². The molecule has 0 spiro atoms. The van der Waals surface area contributed by atoms with Crippen LogP contribution in [0.1, 0.15) is 25.5 Å². The maximum absolute atomic E-state index is 11.7.